The second-order valence-corrected chi connectivity index (χ2v) is 5.26. The highest BCUT2D eigenvalue weighted by Crippen LogP contribution is 2.16. The molecule has 2 rings (SSSR count). The van der Waals surface area contributed by atoms with Gasteiger partial charge in [0, 0.05) is 25.8 Å². The molecule has 1 heterocycles. The van der Waals surface area contributed by atoms with Crippen LogP contribution in [0.2, 0.25) is 0 Å². The summed E-state index contributed by atoms with van der Waals surface area (Å²) >= 11 is 0. The van der Waals surface area contributed by atoms with Crippen molar-refractivity contribution >= 4 is 5.91 Å². The van der Waals surface area contributed by atoms with E-state index in [-0.39, 0.29) is 5.91 Å². The predicted molar refractivity (Wildman–Crippen MR) is 80.0 cm³/mol. The fourth-order valence-corrected chi connectivity index (χ4v) is 2.57. The molecule has 0 aromatic heterocycles. The van der Waals surface area contributed by atoms with Gasteiger partial charge in [0.2, 0.25) is 0 Å². The van der Waals surface area contributed by atoms with Gasteiger partial charge in [-0.25, -0.2) is 5.84 Å². The third kappa shape index (κ3) is 4.70. The van der Waals surface area contributed by atoms with Gasteiger partial charge in [0.15, 0.2) is 0 Å². The van der Waals surface area contributed by atoms with Crippen molar-refractivity contribution in [2.75, 3.05) is 40.0 Å². The maximum Gasteiger partial charge on any atom is 0.265 e. The van der Waals surface area contributed by atoms with Gasteiger partial charge in [-0.05, 0) is 43.1 Å². The summed E-state index contributed by atoms with van der Waals surface area (Å²) in [4.78, 5) is 13.7. The fraction of sp³-hybridized carbons (Fsp3) is 0.533. The van der Waals surface area contributed by atoms with Crippen LogP contribution in [0.4, 0.5) is 0 Å². The summed E-state index contributed by atoms with van der Waals surface area (Å²) < 4.78 is 10.9. The number of nitrogens with two attached hydrogens (primary N) is 1. The van der Waals surface area contributed by atoms with E-state index in [1.54, 1.807) is 31.4 Å². The number of rotatable bonds is 7. The Kier molecular flexibility index (Phi) is 5.98. The Balaban J connectivity index is 1.70. The molecule has 1 atom stereocenters. The Bertz CT molecular complexity index is 450. The number of likely N-dealkylation sites (tertiary alicyclic amines) is 1. The number of hydrogen-bond acceptors (Lipinski definition) is 5. The van der Waals surface area contributed by atoms with Gasteiger partial charge in [-0.3, -0.25) is 15.1 Å². The zero-order chi connectivity index (χ0) is 15.1. The van der Waals surface area contributed by atoms with Crippen molar-refractivity contribution in [1.82, 2.24) is 10.3 Å². The first-order valence-corrected chi connectivity index (χ1v) is 7.18. The number of nitrogen functional groups attached to an aromatic ring is 1. The number of hydrazine groups is 1. The van der Waals surface area contributed by atoms with Crippen molar-refractivity contribution in [3.05, 3.63) is 29.8 Å². The summed E-state index contributed by atoms with van der Waals surface area (Å²) in [5.74, 6) is 6.18. The molecule has 1 saturated heterocycles. The molecule has 0 aliphatic carbocycles. The smallest absolute Gasteiger partial charge is 0.265 e. The van der Waals surface area contributed by atoms with Crippen molar-refractivity contribution in [1.29, 1.82) is 0 Å². The molecule has 1 aliphatic heterocycles. The van der Waals surface area contributed by atoms with Crippen LogP contribution in [0, 0.1) is 5.92 Å². The van der Waals surface area contributed by atoms with E-state index < -0.39 is 0 Å². The molecule has 1 aromatic carbocycles. The van der Waals surface area contributed by atoms with E-state index in [1.807, 2.05) is 0 Å². The first kappa shape index (κ1) is 15.8. The number of methoxy groups -OCH3 is 1. The Hall–Kier alpha value is -1.63. The van der Waals surface area contributed by atoms with Crippen LogP contribution in [0.5, 0.6) is 5.75 Å². The maximum atomic E-state index is 11.3. The largest absolute Gasteiger partial charge is 0.492 e. The van der Waals surface area contributed by atoms with Crippen molar-refractivity contribution < 1.29 is 14.3 Å². The highest BCUT2D eigenvalue weighted by atomic mass is 16.5. The average Bonchev–Trinajstić information content (AvgIpc) is 2.95. The number of ether oxygens (including phenoxy) is 2. The molecule has 1 aliphatic rings. The first-order chi connectivity index (χ1) is 10.2. The molecular weight excluding hydrogens is 270 g/mol. The van der Waals surface area contributed by atoms with Crippen LogP contribution >= 0.6 is 0 Å². The second-order valence-electron chi connectivity index (χ2n) is 5.26. The van der Waals surface area contributed by atoms with Gasteiger partial charge >= 0.3 is 0 Å². The molecule has 1 unspecified atom stereocenters. The molecule has 6 nitrogen and oxygen atoms in total. The van der Waals surface area contributed by atoms with E-state index in [2.05, 4.69) is 10.3 Å². The molecule has 6 heteroatoms. The number of hydrogen-bond donors (Lipinski definition) is 2. The van der Waals surface area contributed by atoms with Crippen molar-refractivity contribution in [2.45, 2.75) is 6.42 Å². The molecular formula is C15H23N3O3. The predicted octanol–water partition coefficient (Wildman–Crippen LogP) is 0.637. The van der Waals surface area contributed by atoms with Crippen LogP contribution in [0.3, 0.4) is 0 Å². The summed E-state index contributed by atoms with van der Waals surface area (Å²) in [7, 11) is 1.75. The summed E-state index contributed by atoms with van der Waals surface area (Å²) in [5, 5.41) is 0. The number of amides is 1. The molecule has 1 fully saturated rings. The van der Waals surface area contributed by atoms with E-state index >= 15 is 0 Å². The van der Waals surface area contributed by atoms with Crippen molar-refractivity contribution in [3.8, 4) is 5.75 Å². The van der Waals surface area contributed by atoms with E-state index in [1.165, 1.54) is 6.42 Å². The fourth-order valence-electron chi connectivity index (χ4n) is 2.57. The monoisotopic (exact) mass is 293 g/mol. The zero-order valence-corrected chi connectivity index (χ0v) is 12.4. The Labute approximate surface area is 125 Å². The first-order valence-electron chi connectivity index (χ1n) is 7.18. The lowest BCUT2D eigenvalue weighted by Gasteiger charge is -2.16. The quantitative estimate of drug-likeness (QED) is 0.438. The minimum atomic E-state index is -0.303. The van der Waals surface area contributed by atoms with Crippen LogP contribution < -0.4 is 16.0 Å². The molecule has 3 N–H and O–H groups in total. The van der Waals surface area contributed by atoms with Crippen LogP contribution in [0.1, 0.15) is 16.8 Å². The SMILES string of the molecule is COCC1CCN(CCOc2ccc(C(=O)NN)cc2)C1. The maximum absolute atomic E-state index is 11.3. The van der Waals surface area contributed by atoms with Gasteiger partial charge in [-0.2, -0.15) is 0 Å². The van der Waals surface area contributed by atoms with E-state index in [0.29, 0.717) is 18.1 Å². The van der Waals surface area contributed by atoms with Gasteiger partial charge in [-0.1, -0.05) is 0 Å². The van der Waals surface area contributed by atoms with Crippen LogP contribution in [-0.2, 0) is 4.74 Å². The average molecular weight is 293 g/mol. The number of nitrogens with one attached hydrogen (secondary N) is 1. The highest BCUT2D eigenvalue weighted by molar-refractivity contribution is 5.93. The van der Waals surface area contributed by atoms with E-state index in [9.17, 15) is 4.79 Å². The minimum absolute atomic E-state index is 0.303. The summed E-state index contributed by atoms with van der Waals surface area (Å²) in [6.45, 7) is 4.56. The van der Waals surface area contributed by atoms with Crippen molar-refractivity contribution in [2.24, 2.45) is 11.8 Å². The summed E-state index contributed by atoms with van der Waals surface area (Å²) in [6, 6.07) is 6.95. The number of nitrogens with zero attached hydrogens (tertiary/aromatic N) is 1. The Morgan fingerprint density at radius 1 is 1.43 bits per heavy atom. The van der Waals surface area contributed by atoms with E-state index in [0.717, 1.165) is 32.0 Å². The lowest BCUT2D eigenvalue weighted by atomic mass is 10.1. The molecule has 116 valence electrons. The van der Waals surface area contributed by atoms with E-state index in [4.69, 9.17) is 15.3 Å². The Morgan fingerprint density at radius 2 is 2.19 bits per heavy atom. The number of carbonyl (C=O) groups excluding carboxylic acids is 1. The Morgan fingerprint density at radius 3 is 2.86 bits per heavy atom. The molecule has 21 heavy (non-hydrogen) atoms. The third-order valence-corrected chi connectivity index (χ3v) is 3.70. The zero-order valence-electron chi connectivity index (χ0n) is 12.4. The van der Waals surface area contributed by atoms with Gasteiger partial charge in [0.1, 0.15) is 12.4 Å². The van der Waals surface area contributed by atoms with Crippen LogP contribution in [0.25, 0.3) is 0 Å². The number of benzene rings is 1. The number of carbonyl (C=O) groups is 1. The summed E-state index contributed by atoms with van der Waals surface area (Å²) in [6.07, 6.45) is 1.19. The lowest BCUT2D eigenvalue weighted by molar-refractivity contribution is 0.0953. The molecule has 0 spiro atoms. The minimum Gasteiger partial charge on any atom is -0.492 e. The molecule has 1 aromatic rings. The lowest BCUT2D eigenvalue weighted by Crippen LogP contribution is -2.29. The van der Waals surface area contributed by atoms with Gasteiger partial charge in [0.25, 0.3) is 5.91 Å². The molecule has 0 saturated carbocycles. The standard InChI is InChI=1S/C15H23N3O3/c1-20-11-12-6-7-18(10-12)8-9-21-14-4-2-13(3-5-14)15(19)17-16/h2-5,12H,6-11,16H2,1H3,(H,17,19). The van der Waals surface area contributed by atoms with Gasteiger partial charge in [0.05, 0.1) is 6.61 Å². The van der Waals surface area contributed by atoms with Crippen LogP contribution in [0.15, 0.2) is 24.3 Å². The van der Waals surface area contributed by atoms with Gasteiger partial charge < -0.3 is 9.47 Å². The van der Waals surface area contributed by atoms with Crippen molar-refractivity contribution in [3.63, 3.8) is 0 Å². The normalized spacial score (nSPS) is 18.7. The molecule has 0 radical (unpaired) electrons. The van der Waals surface area contributed by atoms with Gasteiger partial charge in [-0.15, -0.1) is 0 Å². The summed E-state index contributed by atoms with van der Waals surface area (Å²) in [5.41, 5.74) is 2.62. The second kappa shape index (κ2) is 7.97. The molecule has 1 amide bonds. The third-order valence-electron chi connectivity index (χ3n) is 3.70. The topological polar surface area (TPSA) is 76.8 Å². The molecule has 0 bridgehead atoms. The van der Waals surface area contributed by atoms with Crippen LogP contribution in [-0.4, -0.2) is 50.8 Å². The highest BCUT2D eigenvalue weighted by Gasteiger charge is 2.21.